The molecule has 1 aromatic rings. The fourth-order valence-electron chi connectivity index (χ4n) is 4.24. The van der Waals surface area contributed by atoms with E-state index in [-0.39, 0.29) is 12.0 Å². The summed E-state index contributed by atoms with van der Waals surface area (Å²) in [4.78, 5) is 14.7. The molecule has 2 aliphatic heterocycles. The highest BCUT2D eigenvalue weighted by Crippen LogP contribution is 2.28. The van der Waals surface area contributed by atoms with Crippen LogP contribution in [0.25, 0.3) is 0 Å². The molecule has 0 unspecified atom stereocenters. The maximum Gasteiger partial charge on any atom is 0.253 e. The van der Waals surface area contributed by atoms with Crippen LogP contribution in [0.5, 0.6) is 0 Å². The lowest BCUT2D eigenvalue weighted by Crippen LogP contribution is -2.43. The molecule has 3 rings (SSSR count). The maximum absolute atomic E-state index is 12.1. The maximum atomic E-state index is 12.1. The molecule has 0 spiro atoms. The van der Waals surface area contributed by atoms with Gasteiger partial charge in [-0.3, -0.25) is 4.79 Å². The Morgan fingerprint density at radius 2 is 2.04 bits per heavy atom. The molecule has 26 heavy (non-hydrogen) atoms. The smallest absolute Gasteiger partial charge is 0.253 e. The van der Waals surface area contributed by atoms with Gasteiger partial charge < -0.3 is 15.0 Å². The molecule has 3 atom stereocenters. The Labute approximate surface area is 158 Å². The number of nitrogens with one attached hydrogen (secondary N) is 1. The van der Waals surface area contributed by atoms with Crippen LogP contribution in [-0.2, 0) is 16.0 Å². The lowest BCUT2D eigenvalue weighted by Gasteiger charge is -2.39. The van der Waals surface area contributed by atoms with E-state index in [1.165, 1.54) is 31.5 Å². The first kappa shape index (κ1) is 19.4. The van der Waals surface area contributed by atoms with Crippen molar-refractivity contribution in [3.05, 3.63) is 29.8 Å². The Morgan fingerprint density at radius 3 is 2.65 bits per heavy atom. The Hall–Kier alpha value is -1.39. The van der Waals surface area contributed by atoms with Crippen molar-refractivity contribution < 1.29 is 9.53 Å². The molecule has 0 aromatic heterocycles. The number of hydrogen-bond donors (Lipinski definition) is 1. The van der Waals surface area contributed by atoms with E-state index in [1.807, 2.05) is 12.1 Å². The third kappa shape index (κ3) is 5.08. The molecule has 2 heterocycles. The van der Waals surface area contributed by atoms with Crippen molar-refractivity contribution in [2.24, 2.45) is 11.8 Å². The van der Waals surface area contributed by atoms with Crippen LogP contribution in [-0.4, -0.2) is 42.6 Å². The molecule has 1 aromatic carbocycles. The van der Waals surface area contributed by atoms with Crippen LogP contribution in [0.1, 0.15) is 52.0 Å². The number of amides is 1. The number of ether oxygens (including phenoxy) is 1. The summed E-state index contributed by atoms with van der Waals surface area (Å²) in [5.41, 5.74) is 2.23. The van der Waals surface area contributed by atoms with E-state index in [1.54, 1.807) is 0 Å². The number of piperidine rings is 1. The average molecular weight is 359 g/mol. The minimum atomic E-state index is -0.270. The van der Waals surface area contributed by atoms with Crippen LogP contribution in [0, 0.1) is 11.8 Å². The van der Waals surface area contributed by atoms with Gasteiger partial charge in [0.25, 0.3) is 5.91 Å². The minimum Gasteiger partial charge on any atom is -0.368 e. The number of nitrogens with zero attached hydrogens (tertiary/aromatic N) is 1. The third-order valence-electron chi connectivity index (χ3n) is 6.09. The van der Waals surface area contributed by atoms with E-state index >= 15 is 0 Å². The first-order valence-electron chi connectivity index (χ1n) is 10.3. The van der Waals surface area contributed by atoms with Crippen molar-refractivity contribution in [1.82, 2.24) is 4.90 Å². The van der Waals surface area contributed by atoms with E-state index in [4.69, 9.17) is 4.74 Å². The largest absolute Gasteiger partial charge is 0.368 e. The first-order chi connectivity index (χ1) is 12.5. The van der Waals surface area contributed by atoms with Gasteiger partial charge in [0.1, 0.15) is 6.10 Å². The van der Waals surface area contributed by atoms with Crippen LogP contribution >= 0.6 is 0 Å². The second-order valence-corrected chi connectivity index (χ2v) is 8.34. The summed E-state index contributed by atoms with van der Waals surface area (Å²) >= 11 is 0. The fourth-order valence-corrected chi connectivity index (χ4v) is 4.24. The van der Waals surface area contributed by atoms with Crippen molar-refractivity contribution >= 4 is 11.6 Å². The second-order valence-electron chi connectivity index (χ2n) is 8.34. The fraction of sp³-hybridized carbons (Fsp3) is 0.682. The standard InChI is InChI=1S/C22H34N2O2/c1-16(2)24-13-12-19(17(3)15-24)9-6-18-7-10-20(11-8-18)23-22(25)21-5-4-14-26-21/h7-8,10-11,16-17,19,21H,4-6,9,12-15H2,1-3H3,(H,23,25)/t17-,19-,21+/m1/s1. The van der Waals surface area contributed by atoms with Crippen molar-refractivity contribution in [3.63, 3.8) is 0 Å². The summed E-state index contributed by atoms with van der Waals surface area (Å²) in [5, 5.41) is 2.97. The van der Waals surface area contributed by atoms with Crippen molar-refractivity contribution in [2.45, 2.75) is 65.0 Å². The van der Waals surface area contributed by atoms with Crippen LogP contribution in [0.3, 0.4) is 0 Å². The summed E-state index contributed by atoms with van der Waals surface area (Å²) < 4.78 is 5.43. The Bertz CT molecular complexity index is 578. The molecule has 0 aliphatic carbocycles. The van der Waals surface area contributed by atoms with Crippen LogP contribution in [0.2, 0.25) is 0 Å². The summed E-state index contributed by atoms with van der Waals surface area (Å²) in [7, 11) is 0. The topological polar surface area (TPSA) is 41.6 Å². The zero-order valence-electron chi connectivity index (χ0n) is 16.5. The third-order valence-corrected chi connectivity index (χ3v) is 6.09. The molecule has 144 valence electrons. The van der Waals surface area contributed by atoms with Gasteiger partial charge in [-0.15, -0.1) is 0 Å². The van der Waals surface area contributed by atoms with Gasteiger partial charge in [-0.05, 0) is 82.0 Å². The number of hydrogen-bond acceptors (Lipinski definition) is 3. The van der Waals surface area contributed by atoms with Crippen LogP contribution in [0.15, 0.2) is 24.3 Å². The molecule has 2 fully saturated rings. The molecule has 4 nitrogen and oxygen atoms in total. The summed E-state index contributed by atoms with van der Waals surface area (Å²) in [6.07, 6.45) is 5.23. The molecule has 0 saturated carbocycles. The van der Waals surface area contributed by atoms with Gasteiger partial charge in [-0.2, -0.15) is 0 Å². The molecule has 4 heteroatoms. The van der Waals surface area contributed by atoms with Gasteiger partial charge in [0, 0.05) is 24.9 Å². The van der Waals surface area contributed by atoms with Crippen molar-refractivity contribution in [3.8, 4) is 0 Å². The molecule has 2 aliphatic rings. The number of carbonyl (C=O) groups excluding carboxylic acids is 1. The molecule has 0 bridgehead atoms. The highest BCUT2D eigenvalue weighted by molar-refractivity contribution is 5.94. The SMILES string of the molecule is CC(C)N1CC[C@@H](CCc2ccc(NC(=O)[C@@H]3CCCO3)cc2)[C@H](C)C1. The number of carbonyl (C=O) groups is 1. The second kappa shape index (κ2) is 9.01. The first-order valence-corrected chi connectivity index (χ1v) is 10.3. The minimum absolute atomic E-state index is 0.0130. The summed E-state index contributed by atoms with van der Waals surface area (Å²) in [6, 6.07) is 9.01. The summed E-state index contributed by atoms with van der Waals surface area (Å²) in [6.45, 7) is 10.2. The number of benzene rings is 1. The Morgan fingerprint density at radius 1 is 1.27 bits per heavy atom. The molecule has 2 saturated heterocycles. The number of aryl methyl sites for hydroxylation is 1. The molecule has 0 radical (unpaired) electrons. The zero-order valence-corrected chi connectivity index (χ0v) is 16.5. The zero-order chi connectivity index (χ0) is 18.5. The lowest BCUT2D eigenvalue weighted by atomic mass is 9.82. The number of anilines is 1. The van der Waals surface area contributed by atoms with Gasteiger partial charge in [0.2, 0.25) is 0 Å². The van der Waals surface area contributed by atoms with E-state index < -0.39 is 0 Å². The van der Waals surface area contributed by atoms with Crippen LogP contribution < -0.4 is 5.32 Å². The lowest BCUT2D eigenvalue weighted by molar-refractivity contribution is -0.124. The van der Waals surface area contributed by atoms with Gasteiger partial charge in [0.05, 0.1) is 0 Å². The Balaban J connectivity index is 1.45. The van der Waals surface area contributed by atoms with Gasteiger partial charge in [0.15, 0.2) is 0 Å². The molecular weight excluding hydrogens is 324 g/mol. The predicted molar refractivity (Wildman–Crippen MR) is 106 cm³/mol. The van der Waals surface area contributed by atoms with E-state index in [0.717, 1.165) is 36.8 Å². The highest BCUT2D eigenvalue weighted by atomic mass is 16.5. The van der Waals surface area contributed by atoms with Gasteiger partial charge in [-0.1, -0.05) is 19.1 Å². The highest BCUT2D eigenvalue weighted by Gasteiger charge is 2.27. The molecule has 1 amide bonds. The monoisotopic (exact) mass is 358 g/mol. The van der Waals surface area contributed by atoms with Gasteiger partial charge >= 0.3 is 0 Å². The van der Waals surface area contributed by atoms with Gasteiger partial charge in [-0.25, -0.2) is 0 Å². The molecule has 1 N–H and O–H groups in total. The quantitative estimate of drug-likeness (QED) is 0.832. The summed E-state index contributed by atoms with van der Waals surface area (Å²) in [5.74, 6) is 1.58. The van der Waals surface area contributed by atoms with E-state index in [0.29, 0.717) is 12.6 Å². The van der Waals surface area contributed by atoms with Crippen LogP contribution in [0.4, 0.5) is 5.69 Å². The van der Waals surface area contributed by atoms with Crippen molar-refractivity contribution in [1.29, 1.82) is 0 Å². The average Bonchev–Trinajstić information content (AvgIpc) is 3.16. The van der Waals surface area contributed by atoms with E-state index in [2.05, 4.69) is 43.1 Å². The normalized spacial score (nSPS) is 27.0. The number of rotatable bonds is 6. The van der Waals surface area contributed by atoms with Crippen molar-refractivity contribution in [2.75, 3.05) is 25.0 Å². The Kier molecular flexibility index (Phi) is 6.71. The predicted octanol–water partition coefficient (Wildman–Crippen LogP) is 4.10. The number of likely N-dealkylation sites (tertiary alicyclic amines) is 1. The van der Waals surface area contributed by atoms with E-state index in [9.17, 15) is 4.79 Å². The molecular formula is C22H34N2O2.